The molecular formula is C24H27N7O2. The van der Waals surface area contributed by atoms with E-state index >= 15 is 0 Å². The summed E-state index contributed by atoms with van der Waals surface area (Å²) in [5.74, 6) is 0.647. The number of nitrogens with one attached hydrogen (secondary N) is 1. The zero-order valence-corrected chi connectivity index (χ0v) is 19.3. The summed E-state index contributed by atoms with van der Waals surface area (Å²) >= 11 is 0. The van der Waals surface area contributed by atoms with Gasteiger partial charge in [0.05, 0.1) is 41.8 Å². The molecule has 0 radical (unpaired) electrons. The predicted octanol–water partition coefficient (Wildman–Crippen LogP) is 3.17. The molecule has 3 aromatic heterocycles. The van der Waals surface area contributed by atoms with Crippen molar-refractivity contribution in [2.24, 2.45) is 14.1 Å². The van der Waals surface area contributed by atoms with Crippen LogP contribution in [-0.4, -0.2) is 53.7 Å². The van der Waals surface area contributed by atoms with Crippen molar-refractivity contribution >= 4 is 29.0 Å². The van der Waals surface area contributed by atoms with Gasteiger partial charge in [-0.1, -0.05) is 13.0 Å². The molecule has 0 spiro atoms. The van der Waals surface area contributed by atoms with E-state index in [1.807, 2.05) is 37.0 Å². The third-order valence-corrected chi connectivity index (χ3v) is 6.20. The molecule has 0 saturated carbocycles. The van der Waals surface area contributed by atoms with E-state index < -0.39 is 0 Å². The van der Waals surface area contributed by atoms with Gasteiger partial charge in [-0.05, 0) is 36.3 Å². The molecule has 4 aromatic rings. The number of aromatic amines is 1. The quantitative estimate of drug-likeness (QED) is 0.486. The van der Waals surface area contributed by atoms with Gasteiger partial charge in [0.15, 0.2) is 0 Å². The van der Waals surface area contributed by atoms with Gasteiger partial charge in [-0.15, -0.1) is 0 Å². The number of ether oxygens (including phenoxy) is 1. The van der Waals surface area contributed by atoms with Crippen molar-refractivity contribution in [2.45, 2.75) is 26.8 Å². The Labute approximate surface area is 191 Å². The second-order valence-corrected chi connectivity index (χ2v) is 8.26. The zero-order chi connectivity index (χ0) is 23.1. The molecule has 2 bridgehead atoms. The van der Waals surface area contributed by atoms with Crippen LogP contribution in [0.4, 0.5) is 0 Å². The molecule has 5 rings (SSSR count). The van der Waals surface area contributed by atoms with E-state index in [0.717, 1.165) is 51.1 Å². The van der Waals surface area contributed by atoms with Crippen LogP contribution in [0, 0.1) is 0 Å². The van der Waals surface area contributed by atoms with Crippen molar-refractivity contribution in [3.05, 3.63) is 47.0 Å². The lowest BCUT2D eigenvalue weighted by Gasteiger charge is -2.21. The van der Waals surface area contributed by atoms with Crippen molar-refractivity contribution in [1.29, 1.82) is 0 Å². The Morgan fingerprint density at radius 3 is 2.85 bits per heavy atom. The summed E-state index contributed by atoms with van der Waals surface area (Å²) in [7, 11) is 3.80. The van der Waals surface area contributed by atoms with Gasteiger partial charge in [0.25, 0.3) is 0 Å². The molecular weight excluding hydrogens is 418 g/mol. The Hall–Kier alpha value is -3.88. The number of nitrogens with zero attached hydrogens (tertiary/aromatic N) is 6. The molecule has 0 atom stereocenters. The minimum absolute atomic E-state index is 0.0197. The Kier molecular flexibility index (Phi) is 5.24. The van der Waals surface area contributed by atoms with Crippen LogP contribution in [0.1, 0.15) is 36.5 Å². The second-order valence-electron chi connectivity index (χ2n) is 8.26. The number of aryl methyl sites for hydroxylation is 2. The van der Waals surface area contributed by atoms with Gasteiger partial charge in [-0.3, -0.25) is 14.6 Å². The largest absolute Gasteiger partial charge is 0.476 e. The smallest absolute Gasteiger partial charge is 0.219 e. The summed E-state index contributed by atoms with van der Waals surface area (Å²) in [5, 5.41) is 17.8. The Morgan fingerprint density at radius 2 is 2.06 bits per heavy atom. The number of hydrogen-bond donors (Lipinski definition) is 1. The number of fused-ring (bicyclic) bond motifs is 4. The predicted molar refractivity (Wildman–Crippen MR) is 126 cm³/mol. The van der Waals surface area contributed by atoms with Gasteiger partial charge in [0.2, 0.25) is 11.8 Å². The molecule has 4 heterocycles. The topological polar surface area (TPSA) is 93.9 Å². The first-order chi connectivity index (χ1) is 16.0. The SMILES string of the molecule is CCc1c2c(nn1C)CN(C(C)=O)CCOc1c(cnn1C)-c1ccc3n[nH]c(c3c1)C=C2. The summed E-state index contributed by atoms with van der Waals surface area (Å²) in [6, 6.07) is 6.13. The highest BCUT2D eigenvalue weighted by Crippen LogP contribution is 2.33. The molecule has 0 fully saturated rings. The van der Waals surface area contributed by atoms with E-state index in [2.05, 4.69) is 34.4 Å². The van der Waals surface area contributed by atoms with Crippen LogP contribution in [0.5, 0.6) is 5.88 Å². The minimum atomic E-state index is -0.0197. The number of aromatic nitrogens is 6. The number of hydrogen-bond acceptors (Lipinski definition) is 5. The molecule has 33 heavy (non-hydrogen) atoms. The molecule has 9 heteroatoms. The molecule has 0 unspecified atom stereocenters. The fourth-order valence-corrected chi connectivity index (χ4v) is 4.43. The zero-order valence-electron chi connectivity index (χ0n) is 19.3. The van der Waals surface area contributed by atoms with Crippen LogP contribution in [0.15, 0.2) is 24.4 Å². The minimum Gasteiger partial charge on any atom is -0.476 e. The van der Waals surface area contributed by atoms with Crippen molar-refractivity contribution in [2.75, 3.05) is 13.2 Å². The van der Waals surface area contributed by atoms with E-state index in [-0.39, 0.29) is 5.91 Å². The number of rotatable bonds is 1. The van der Waals surface area contributed by atoms with E-state index in [1.54, 1.807) is 22.7 Å². The van der Waals surface area contributed by atoms with E-state index in [1.165, 1.54) is 0 Å². The molecule has 1 N–H and O–H groups in total. The van der Waals surface area contributed by atoms with Gasteiger partial charge < -0.3 is 9.64 Å². The van der Waals surface area contributed by atoms with E-state index in [4.69, 9.17) is 9.84 Å². The van der Waals surface area contributed by atoms with E-state index in [9.17, 15) is 4.79 Å². The second kappa shape index (κ2) is 8.23. The number of amides is 1. The maximum Gasteiger partial charge on any atom is 0.219 e. The fraction of sp³-hybridized carbons (Fsp3) is 0.333. The summed E-state index contributed by atoms with van der Waals surface area (Å²) in [6.07, 6.45) is 6.75. The van der Waals surface area contributed by atoms with Gasteiger partial charge in [0, 0.05) is 37.7 Å². The van der Waals surface area contributed by atoms with E-state index in [0.29, 0.717) is 25.6 Å². The molecule has 170 valence electrons. The van der Waals surface area contributed by atoms with Gasteiger partial charge in [-0.2, -0.15) is 15.3 Å². The summed E-state index contributed by atoms with van der Waals surface area (Å²) in [6.45, 7) is 4.90. The molecule has 0 saturated heterocycles. The molecule has 1 aliphatic rings. The molecule has 0 aliphatic carbocycles. The highest BCUT2D eigenvalue weighted by Gasteiger charge is 2.20. The van der Waals surface area contributed by atoms with Crippen LogP contribution >= 0.6 is 0 Å². The average Bonchev–Trinajstić information content (AvgIpc) is 3.45. The highest BCUT2D eigenvalue weighted by molar-refractivity contribution is 5.93. The average molecular weight is 446 g/mol. The van der Waals surface area contributed by atoms with Crippen LogP contribution in [0.25, 0.3) is 34.2 Å². The first-order valence-corrected chi connectivity index (χ1v) is 11.1. The van der Waals surface area contributed by atoms with Crippen molar-refractivity contribution in [1.82, 2.24) is 34.7 Å². The first kappa shape index (κ1) is 21.0. The lowest BCUT2D eigenvalue weighted by atomic mass is 10.0. The lowest BCUT2D eigenvalue weighted by Crippen LogP contribution is -2.33. The molecule has 1 amide bonds. The molecule has 9 nitrogen and oxygen atoms in total. The van der Waals surface area contributed by atoms with Gasteiger partial charge >= 0.3 is 0 Å². The van der Waals surface area contributed by atoms with Crippen LogP contribution in [0.2, 0.25) is 0 Å². The van der Waals surface area contributed by atoms with Crippen LogP contribution in [-0.2, 0) is 31.9 Å². The summed E-state index contributed by atoms with van der Waals surface area (Å²) in [4.78, 5) is 14.2. The highest BCUT2D eigenvalue weighted by atomic mass is 16.5. The number of carbonyl (C=O) groups is 1. The maximum absolute atomic E-state index is 12.4. The number of carbonyl (C=O) groups excluding carboxylic acids is 1. The summed E-state index contributed by atoms with van der Waals surface area (Å²) in [5.41, 5.74) is 6.71. The van der Waals surface area contributed by atoms with Crippen molar-refractivity contribution in [3.63, 3.8) is 0 Å². The maximum atomic E-state index is 12.4. The molecule has 1 aliphatic heterocycles. The molecule has 1 aromatic carbocycles. The normalized spacial score (nSPS) is 14.0. The Balaban J connectivity index is 1.69. The van der Waals surface area contributed by atoms with Crippen molar-refractivity contribution < 1.29 is 9.53 Å². The number of benzene rings is 1. The lowest BCUT2D eigenvalue weighted by molar-refractivity contribution is -0.129. The monoisotopic (exact) mass is 445 g/mol. The summed E-state index contributed by atoms with van der Waals surface area (Å²) < 4.78 is 9.76. The first-order valence-electron chi connectivity index (χ1n) is 11.1. The van der Waals surface area contributed by atoms with Crippen molar-refractivity contribution in [3.8, 4) is 17.0 Å². The fourth-order valence-electron chi connectivity index (χ4n) is 4.43. The van der Waals surface area contributed by atoms with Gasteiger partial charge in [-0.25, -0.2) is 4.68 Å². The Morgan fingerprint density at radius 1 is 1.21 bits per heavy atom. The standard InChI is InChI=1S/C24H27N7O2/c1-5-23-17-7-9-21-18-12-16(6-8-20(18)26-27-21)19-13-25-30(4)24(19)33-11-10-31(15(2)32)14-22(17)28-29(23)3/h6-9,12-13H,5,10-11,14H2,1-4H3,(H,26,27). The van der Waals surface area contributed by atoms with Gasteiger partial charge in [0.1, 0.15) is 6.61 Å². The Bertz CT molecular complexity index is 1380. The number of H-pyrrole nitrogens is 1. The third kappa shape index (κ3) is 3.69. The van der Waals surface area contributed by atoms with Crippen LogP contribution in [0.3, 0.4) is 0 Å². The van der Waals surface area contributed by atoms with Crippen LogP contribution < -0.4 is 4.74 Å². The third-order valence-electron chi connectivity index (χ3n) is 6.20.